The van der Waals surface area contributed by atoms with Crippen LogP contribution in [0.5, 0.6) is 0 Å². The second-order valence-corrected chi connectivity index (χ2v) is 12.2. The third-order valence-corrected chi connectivity index (χ3v) is 8.20. The lowest BCUT2D eigenvalue weighted by Crippen LogP contribution is -2.59. The summed E-state index contributed by atoms with van der Waals surface area (Å²) < 4.78 is 5.40. The first-order valence-corrected chi connectivity index (χ1v) is 13.3. The fourth-order valence-electron chi connectivity index (χ4n) is 5.85. The Hall–Kier alpha value is -2.25. The van der Waals surface area contributed by atoms with E-state index in [4.69, 9.17) is 4.74 Å². The van der Waals surface area contributed by atoms with E-state index < -0.39 is 12.1 Å². The van der Waals surface area contributed by atoms with Crippen LogP contribution in [-0.2, 0) is 14.3 Å². The SMILES string of the molecule is C=C(NC(COC(=O)NCC)C(C)(C)C)NC(C(=O)N1C[C@@H]2C[C@@H]2C1C(C)=O)C1(C)CCCCC1. The van der Waals surface area contributed by atoms with Crippen molar-refractivity contribution in [2.45, 2.75) is 98.2 Å². The first kappa shape index (κ1) is 27.3. The maximum Gasteiger partial charge on any atom is 0.407 e. The summed E-state index contributed by atoms with van der Waals surface area (Å²) in [4.78, 5) is 40.1. The molecule has 3 rings (SSSR count). The fraction of sp³-hybridized carbons (Fsp3) is 0.815. The largest absolute Gasteiger partial charge is 0.447 e. The van der Waals surface area contributed by atoms with E-state index in [2.05, 4.69) is 50.2 Å². The van der Waals surface area contributed by atoms with E-state index in [1.807, 2.05) is 11.8 Å². The van der Waals surface area contributed by atoms with Crippen LogP contribution in [0.1, 0.15) is 80.1 Å². The molecule has 35 heavy (non-hydrogen) atoms. The number of piperidine rings is 1. The minimum Gasteiger partial charge on any atom is -0.447 e. The van der Waals surface area contributed by atoms with Gasteiger partial charge in [0.15, 0.2) is 5.78 Å². The summed E-state index contributed by atoms with van der Waals surface area (Å²) in [5.41, 5.74) is -0.440. The van der Waals surface area contributed by atoms with Crippen molar-refractivity contribution >= 4 is 17.8 Å². The van der Waals surface area contributed by atoms with Gasteiger partial charge in [0.2, 0.25) is 5.91 Å². The van der Waals surface area contributed by atoms with Gasteiger partial charge in [-0.25, -0.2) is 4.79 Å². The Balaban J connectivity index is 1.75. The molecule has 0 bridgehead atoms. The number of fused-ring (bicyclic) bond motifs is 1. The number of carbonyl (C=O) groups is 3. The van der Waals surface area contributed by atoms with Gasteiger partial charge in [0.25, 0.3) is 0 Å². The predicted octanol–water partition coefficient (Wildman–Crippen LogP) is 3.57. The van der Waals surface area contributed by atoms with Crippen molar-refractivity contribution in [2.24, 2.45) is 22.7 Å². The lowest BCUT2D eigenvalue weighted by atomic mass is 9.70. The topological polar surface area (TPSA) is 99.8 Å². The third kappa shape index (κ3) is 6.50. The van der Waals surface area contributed by atoms with Gasteiger partial charge in [0.1, 0.15) is 12.6 Å². The van der Waals surface area contributed by atoms with Gasteiger partial charge in [-0.2, -0.15) is 0 Å². The summed E-state index contributed by atoms with van der Waals surface area (Å²) in [6.07, 6.45) is 5.88. The first-order valence-electron chi connectivity index (χ1n) is 13.3. The average Bonchev–Trinajstić information content (AvgIpc) is 3.42. The Kier molecular flexibility index (Phi) is 8.43. The molecule has 3 fully saturated rings. The van der Waals surface area contributed by atoms with Crippen molar-refractivity contribution in [2.75, 3.05) is 19.7 Å². The molecule has 0 spiro atoms. The van der Waals surface area contributed by atoms with Crippen LogP contribution >= 0.6 is 0 Å². The Bertz CT molecular complexity index is 814. The van der Waals surface area contributed by atoms with Crippen LogP contribution in [0, 0.1) is 22.7 Å². The Labute approximate surface area is 211 Å². The van der Waals surface area contributed by atoms with Crippen LogP contribution in [0.25, 0.3) is 0 Å². The van der Waals surface area contributed by atoms with Crippen LogP contribution in [0.4, 0.5) is 4.79 Å². The minimum atomic E-state index is -0.466. The van der Waals surface area contributed by atoms with Gasteiger partial charge in [-0.15, -0.1) is 0 Å². The number of nitrogens with zero attached hydrogens (tertiary/aromatic N) is 1. The zero-order valence-electron chi connectivity index (χ0n) is 22.5. The highest BCUT2D eigenvalue weighted by atomic mass is 16.5. The second kappa shape index (κ2) is 10.8. The quantitative estimate of drug-likeness (QED) is 0.433. The summed E-state index contributed by atoms with van der Waals surface area (Å²) in [5, 5.41) is 9.48. The minimum absolute atomic E-state index is 0.00984. The van der Waals surface area contributed by atoms with E-state index in [1.165, 1.54) is 6.42 Å². The van der Waals surface area contributed by atoms with Crippen molar-refractivity contribution in [3.8, 4) is 0 Å². The number of ether oxygens (including phenoxy) is 1. The number of hydrogen-bond donors (Lipinski definition) is 3. The van der Waals surface area contributed by atoms with Gasteiger partial charge in [-0.3, -0.25) is 9.59 Å². The van der Waals surface area contributed by atoms with Crippen LogP contribution in [0.3, 0.4) is 0 Å². The molecule has 8 heteroatoms. The smallest absolute Gasteiger partial charge is 0.407 e. The van der Waals surface area contributed by atoms with Crippen molar-refractivity contribution in [1.29, 1.82) is 0 Å². The Morgan fingerprint density at radius 2 is 1.80 bits per heavy atom. The van der Waals surface area contributed by atoms with Gasteiger partial charge >= 0.3 is 6.09 Å². The molecule has 0 aromatic rings. The Morgan fingerprint density at radius 3 is 2.37 bits per heavy atom. The summed E-state index contributed by atoms with van der Waals surface area (Å²) in [5.74, 6) is 1.43. The first-order chi connectivity index (χ1) is 16.4. The summed E-state index contributed by atoms with van der Waals surface area (Å²) in [6.45, 7) is 17.4. The highest BCUT2D eigenvalue weighted by Crippen LogP contribution is 2.51. The normalized spacial score (nSPS) is 26.7. The van der Waals surface area contributed by atoms with Crippen molar-refractivity contribution < 1.29 is 19.1 Å². The number of rotatable bonds is 10. The summed E-state index contributed by atoms with van der Waals surface area (Å²) in [7, 11) is 0. The van der Waals surface area contributed by atoms with Gasteiger partial charge in [0, 0.05) is 13.1 Å². The number of Topliss-reactive ketones (excluding diaryl/α,β-unsaturated/α-hetero) is 1. The number of nitrogens with one attached hydrogen (secondary N) is 3. The highest BCUT2D eigenvalue weighted by Gasteiger charge is 2.57. The molecule has 2 amide bonds. The van der Waals surface area contributed by atoms with E-state index in [0.29, 0.717) is 30.7 Å². The Morgan fingerprint density at radius 1 is 1.14 bits per heavy atom. The molecule has 0 radical (unpaired) electrons. The molecule has 2 saturated carbocycles. The lowest BCUT2D eigenvalue weighted by molar-refractivity contribution is -0.143. The zero-order chi connectivity index (χ0) is 26.0. The number of likely N-dealkylation sites (tertiary alicyclic amines) is 1. The molecule has 8 nitrogen and oxygen atoms in total. The maximum absolute atomic E-state index is 14.0. The third-order valence-electron chi connectivity index (χ3n) is 8.20. The number of amides is 2. The number of alkyl carbamates (subject to hydrolysis) is 1. The number of ketones is 1. The molecule has 0 aromatic carbocycles. The number of carbonyl (C=O) groups excluding carboxylic acids is 3. The van der Waals surface area contributed by atoms with E-state index in [1.54, 1.807) is 6.92 Å². The molecule has 0 aromatic heterocycles. The number of hydrogen-bond acceptors (Lipinski definition) is 6. The van der Waals surface area contributed by atoms with E-state index in [-0.39, 0.29) is 41.2 Å². The zero-order valence-corrected chi connectivity index (χ0v) is 22.5. The maximum atomic E-state index is 14.0. The van der Waals surface area contributed by atoms with Gasteiger partial charge in [-0.1, -0.05) is 53.5 Å². The van der Waals surface area contributed by atoms with Crippen LogP contribution in [0.15, 0.2) is 12.4 Å². The average molecular weight is 491 g/mol. The fourth-order valence-corrected chi connectivity index (χ4v) is 5.85. The molecule has 3 unspecified atom stereocenters. The van der Waals surface area contributed by atoms with Crippen LogP contribution in [-0.4, -0.2) is 60.5 Å². The van der Waals surface area contributed by atoms with Crippen LogP contribution in [0.2, 0.25) is 0 Å². The van der Waals surface area contributed by atoms with Crippen molar-refractivity contribution in [1.82, 2.24) is 20.9 Å². The molecule has 3 aliphatic rings. The molecule has 3 N–H and O–H groups in total. The predicted molar refractivity (Wildman–Crippen MR) is 136 cm³/mol. The van der Waals surface area contributed by atoms with Gasteiger partial charge < -0.3 is 25.6 Å². The van der Waals surface area contributed by atoms with E-state index >= 15 is 0 Å². The van der Waals surface area contributed by atoms with Gasteiger partial charge in [0.05, 0.1) is 17.9 Å². The van der Waals surface area contributed by atoms with Gasteiger partial charge in [-0.05, 0) is 55.8 Å². The molecular formula is C27H46N4O4. The molecule has 1 saturated heterocycles. The molecular weight excluding hydrogens is 444 g/mol. The van der Waals surface area contributed by atoms with Crippen molar-refractivity contribution in [3.05, 3.63) is 12.4 Å². The van der Waals surface area contributed by atoms with Crippen molar-refractivity contribution in [3.63, 3.8) is 0 Å². The summed E-state index contributed by atoms with van der Waals surface area (Å²) in [6, 6.07) is -0.963. The van der Waals surface area contributed by atoms with E-state index in [9.17, 15) is 14.4 Å². The highest BCUT2D eigenvalue weighted by molar-refractivity contribution is 5.91. The molecule has 5 atom stereocenters. The lowest BCUT2D eigenvalue weighted by Gasteiger charge is -2.44. The standard InChI is InChI=1S/C27H46N4O4/c1-8-28-25(34)35-16-21(26(4,5)6)29-18(3)30-23(27(7)12-10-9-11-13-27)24(33)31-15-19-14-20(19)22(31)17(2)32/h19-23,29-30H,3,8-16H2,1-2,4-7H3,(H,28,34)/t19-,20-,21?,22?,23?/m0/s1. The second-order valence-electron chi connectivity index (χ2n) is 12.2. The molecule has 1 heterocycles. The molecule has 198 valence electrons. The van der Waals surface area contributed by atoms with Crippen LogP contribution < -0.4 is 16.0 Å². The molecule has 2 aliphatic carbocycles. The monoisotopic (exact) mass is 490 g/mol. The summed E-state index contributed by atoms with van der Waals surface area (Å²) >= 11 is 0. The molecule has 1 aliphatic heterocycles. The van der Waals surface area contributed by atoms with E-state index in [0.717, 1.165) is 32.1 Å².